The predicted molar refractivity (Wildman–Crippen MR) is 74.0 cm³/mol. The highest BCUT2D eigenvalue weighted by Crippen LogP contribution is 2.34. The number of nitrogens with two attached hydrogens (primary N) is 1. The Morgan fingerprint density at radius 3 is 2.53 bits per heavy atom. The van der Waals surface area contributed by atoms with Crippen molar-refractivity contribution in [2.45, 2.75) is 51.9 Å². The quantitative estimate of drug-likeness (QED) is 0.771. The van der Waals surface area contributed by atoms with E-state index in [1.165, 1.54) is 64.6 Å². The number of hydrogen-bond donors (Lipinski definition) is 1. The molecular formula is C15H30N2. The summed E-state index contributed by atoms with van der Waals surface area (Å²) in [5, 5.41) is 0. The fraction of sp³-hybridized carbons (Fsp3) is 1.00. The molecule has 0 aromatic rings. The summed E-state index contributed by atoms with van der Waals surface area (Å²) in [5.74, 6) is 2.89. The molecule has 3 atom stereocenters. The Bertz CT molecular complexity index is 205. The summed E-state index contributed by atoms with van der Waals surface area (Å²) in [6.45, 7) is 7.32. The molecule has 2 N–H and O–H groups in total. The standard InChI is InChI=1S/C15H30N2/c1-13(7-8-16)4-3-9-17-11-14-5-2-6-15(10-14)12-17/h13-15H,2-12,16H2,1H3. The average molecular weight is 238 g/mol. The Morgan fingerprint density at radius 1 is 1.18 bits per heavy atom. The number of rotatable bonds is 6. The first kappa shape index (κ1) is 13.4. The smallest absolute Gasteiger partial charge is 0.000988 e. The highest BCUT2D eigenvalue weighted by atomic mass is 15.1. The van der Waals surface area contributed by atoms with Crippen molar-refractivity contribution in [3.05, 3.63) is 0 Å². The summed E-state index contributed by atoms with van der Waals surface area (Å²) in [6.07, 6.45) is 9.96. The van der Waals surface area contributed by atoms with Crippen molar-refractivity contribution in [1.29, 1.82) is 0 Å². The highest BCUT2D eigenvalue weighted by molar-refractivity contribution is 4.83. The van der Waals surface area contributed by atoms with Gasteiger partial charge in [-0.2, -0.15) is 0 Å². The molecule has 1 heterocycles. The lowest BCUT2D eigenvalue weighted by atomic mass is 9.78. The molecule has 1 aliphatic carbocycles. The Balaban J connectivity index is 1.62. The van der Waals surface area contributed by atoms with Gasteiger partial charge in [-0.3, -0.25) is 0 Å². The number of fused-ring (bicyclic) bond motifs is 2. The molecule has 2 bridgehead atoms. The topological polar surface area (TPSA) is 29.3 Å². The van der Waals surface area contributed by atoms with Gasteiger partial charge in [0, 0.05) is 13.1 Å². The van der Waals surface area contributed by atoms with Crippen LogP contribution in [0.4, 0.5) is 0 Å². The molecule has 0 aromatic carbocycles. The van der Waals surface area contributed by atoms with Crippen LogP contribution in [0.2, 0.25) is 0 Å². The Kier molecular flexibility index (Phi) is 5.30. The van der Waals surface area contributed by atoms with Gasteiger partial charge >= 0.3 is 0 Å². The van der Waals surface area contributed by atoms with E-state index in [1.54, 1.807) is 0 Å². The second-order valence-corrected chi connectivity index (χ2v) is 6.48. The monoisotopic (exact) mass is 238 g/mol. The van der Waals surface area contributed by atoms with Crippen LogP contribution in [0.5, 0.6) is 0 Å². The van der Waals surface area contributed by atoms with E-state index in [2.05, 4.69) is 11.8 Å². The molecule has 1 saturated heterocycles. The lowest BCUT2D eigenvalue weighted by Crippen LogP contribution is -2.43. The lowest BCUT2D eigenvalue weighted by molar-refractivity contribution is 0.0840. The Labute approximate surface area is 107 Å². The molecule has 1 aliphatic heterocycles. The Morgan fingerprint density at radius 2 is 1.88 bits per heavy atom. The van der Waals surface area contributed by atoms with Gasteiger partial charge in [-0.25, -0.2) is 0 Å². The number of nitrogens with zero attached hydrogens (tertiary/aromatic N) is 1. The molecule has 100 valence electrons. The minimum Gasteiger partial charge on any atom is -0.330 e. The van der Waals surface area contributed by atoms with E-state index in [1.807, 2.05) is 0 Å². The van der Waals surface area contributed by atoms with Gasteiger partial charge in [0.25, 0.3) is 0 Å². The van der Waals surface area contributed by atoms with E-state index >= 15 is 0 Å². The molecular weight excluding hydrogens is 208 g/mol. The van der Waals surface area contributed by atoms with Crippen LogP contribution < -0.4 is 5.73 Å². The van der Waals surface area contributed by atoms with Crippen LogP contribution in [0.3, 0.4) is 0 Å². The van der Waals surface area contributed by atoms with Crippen LogP contribution >= 0.6 is 0 Å². The van der Waals surface area contributed by atoms with Gasteiger partial charge in [-0.05, 0) is 69.4 Å². The maximum Gasteiger partial charge on any atom is 0.000988 e. The van der Waals surface area contributed by atoms with Crippen molar-refractivity contribution in [2.75, 3.05) is 26.2 Å². The third kappa shape index (κ3) is 4.26. The second kappa shape index (κ2) is 6.75. The minimum atomic E-state index is 0.823. The average Bonchev–Trinajstić information content (AvgIpc) is 2.29. The third-order valence-corrected chi connectivity index (χ3v) is 4.75. The van der Waals surface area contributed by atoms with Crippen LogP contribution in [0.15, 0.2) is 0 Å². The molecule has 3 unspecified atom stereocenters. The molecule has 1 saturated carbocycles. The Hall–Kier alpha value is -0.0800. The summed E-state index contributed by atoms with van der Waals surface area (Å²) in [5.41, 5.74) is 5.60. The zero-order valence-corrected chi connectivity index (χ0v) is 11.5. The van der Waals surface area contributed by atoms with Crippen LogP contribution in [-0.2, 0) is 0 Å². The molecule has 2 heteroatoms. The maximum absolute atomic E-state index is 5.60. The van der Waals surface area contributed by atoms with E-state index in [0.29, 0.717) is 0 Å². The van der Waals surface area contributed by atoms with E-state index in [0.717, 1.165) is 24.3 Å². The summed E-state index contributed by atoms with van der Waals surface area (Å²) in [6, 6.07) is 0. The molecule has 17 heavy (non-hydrogen) atoms. The normalized spacial score (nSPS) is 31.4. The molecule has 2 fully saturated rings. The van der Waals surface area contributed by atoms with Crippen molar-refractivity contribution in [1.82, 2.24) is 4.90 Å². The molecule has 0 radical (unpaired) electrons. The SMILES string of the molecule is CC(CCN)CCCN1CC2CCCC(C2)C1. The van der Waals surface area contributed by atoms with Gasteiger partial charge in [0.2, 0.25) is 0 Å². The molecule has 2 rings (SSSR count). The van der Waals surface area contributed by atoms with Gasteiger partial charge < -0.3 is 10.6 Å². The van der Waals surface area contributed by atoms with Gasteiger partial charge in [-0.15, -0.1) is 0 Å². The maximum atomic E-state index is 5.60. The molecule has 0 aromatic heterocycles. The lowest BCUT2D eigenvalue weighted by Gasteiger charge is -2.41. The van der Waals surface area contributed by atoms with E-state index in [4.69, 9.17) is 5.73 Å². The van der Waals surface area contributed by atoms with Crippen LogP contribution in [0.1, 0.15) is 51.9 Å². The summed E-state index contributed by atoms with van der Waals surface area (Å²) >= 11 is 0. The first-order chi connectivity index (χ1) is 8.28. The van der Waals surface area contributed by atoms with Gasteiger partial charge in [0.1, 0.15) is 0 Å². The van der Waals surface area contributed by atoms with Crippen molar-refractivity contribution >= 4 is 0 Å². The van der Waals surface area contributed by atoms with Gasteiger partial charge in [0.05, 0.1) is 0 Å². The second-order valence-electron chi connectivity index (χ2n) is 6.48. The molecule has 0 amide bonds. The largest absolute Gasteiger partial charge is 0.330 e. The third-order valence-electron chi connectivity index (χ3n) is 4.75. The molecule has 0 spiro atoms. The number of likely N-dealkylation sites (tertiary alicyclic amines) is 1. The van der Waals surface area contributed by atoms with E-state index < -0.39 is 0 Å². The fourth-order valence-corrected chi connectivity index (χ4v) is 3.81. The van der Waals surface area contributed by atoms with Crippen molar-refractivity contribution in [3.8, 4) is 0 Å². The molecule has 2 aliphatic rings. The van der Waals surface area contributed by atoms with Gasteiger partial charge in [-0.1, -0.05) is 13.3 Å². The highest BCUT2D eigenvalue weighted by Gasteiger charge is 2.29. The zero-order valence-electron chi connectivity index (χ0n) is 11.5. The summed E-state index contributed by atoms with van der Waals surface area (Å²) < 4.78 is 0. The predicted octanol–water partition coefficient (Wildman–Crippen LogP) is 2.87. The number of hydrogen-bond acceptors (Lipinski definition) is 2. The first-order valence-electron chi connectivity index (χ1n) is 7.70. The summed E-state index contributed by atoms with van der Waals surface area (Å²) in [4.78, 5) is 2.74. The first-order valence-corrected chi connectivity index (χ1v) is 7.70. The van der Waals surface area contributed by atoms with E-state index in [9.17, 15) is 0 Å². The zero-order chi connectivity index (χ0) is 12.1. The summed E-state index contributed by atoms with van der Waals surface area (Å²) in [7, 11) is 0. The van der Waals surface area contributed by atoms with Crippen LogP contribution in [0, 0.1) is 17.8 Å². The fourth-order valence-electron chi connectivity index (χ4n) is 3.81. The van der Waals surface area contributed by atoms with Crippen LogP contribution in [-0.4, -0.2) is 31.1 Å². The van der Waals surface area contributed by atoms with Crippen molar-refractivity contribution < 1.29 is 0 Å². The minimum absolute atomic E-state index is 0.823. The van der Waals surface area contributed by atoms with Crippen molar-refractivity contribution in [2.24, 2.45) is 23.5 Å². The number of piperidine rings is 1. The van der Waals surface area contributed by atoms with Crippen molar-refractivity contribution in [3.63, 3.8) is 0 Å². The molecule has 2 nitrogen and oxygen atoms in total. The van der Waals surface area contributed by atoms with Crippen LogP contribution in [0.25, 0.3) is 0 Å². The van der Waals surface area contributed by atoms with Gasteiger partial charge in [0.15, 0.2) is 0 Å². The van der Waals surface area contributed by atoms with E-state index in [-0.39, 0.29) is 0 Å².